The minimum absolute atomic E-state index is 0.00805. The van der Waals surface area contributed by atoms with Crippen LogP contribution in [0.25, 0.3) is 0 Å². The summed E-state index contributed by atoms with van der Waals surface area (Å²) < 4.78 is 12.8. The number of hydrogen-bond acceptors (Lipinski definition) is 3. The van der Waals surface area contributed by atoms with Crippen molar-refractivity contribution < 1.29 is 18.8 Å². The zero-order chi connectivity index (χ0) is 30.5. The fraction of sp³-hybridized carbons (Fsp3) is 0.658. The first-order valence-electron chi connectivity index (χ1n) is 17.1. The van der Waals surface area contributed by atoms with Crippen LogP contribution in [0.1, 0.15) is 122 Å². The van der Waals surface area contributed by atoms with Gasteiger partial charge in [-0.1, -0.05) is 133 Å². The van der Waals surface area contributed by atoms with Crippen molar-refractivity contribution >= 4 is 5.97 Å². The minimum Gasteiger partial charge on any atom is -0.490 e. The molecular formula is C38H62NO3+. The highest BCUT2D eigenvalue weighted by Gasteiger charge is 2.28. The van der Waals surface area contributed by atoms with Gasteiger partial charge in [-0.3, -0.25) is 4.79 Å². The molecule has 0 radical (unpaired) electrons. The Morgan fingerprint density at radius 1 is 0.762 bits per heavy atom. The van der Waals surface area contributed by atoms with E-state index in [-0.39, 0.29) is 18.0 Å². The van der Waals surface area contributed by atoms with Gasteiger partial charge in [0.2, 0.25) is 0 Å². The number of nitrogens with zero attached hydrogens (tertiary/aromatic N) is 1. The summed E-state index contributed by atoms with van der Waals surface area (Å²) in [6, 6.07) is 18.9. The molecule has 2 aromatic carbocycles. The summed E-state index contributed by atoms with van der Waals surface area (Å²) in [5, 5.41) is 0. The number of benzene rings is 2. The van der Waals surface area contributed by atoms with Gasteiger partial charge in [-0.15, -0.1) is 0 Å². The molecule has 0 aromatic heterocycles. The zero-order valence-electron chi connectivity index (χ0n) is 27.8. The molecular weight excluding hydrogens is 518 g/mol. The van der Waals surface area contributed by atoms with Gasteiger partial charge in [-0.2, -0.15) is 0 Å². The zero-order valence-corrected chi connectivity index (χ0v) is 27.8. The smallest absolute Gasteiger partial charge is 0.314 e. The maximum atomic E-state index is 12.9. The number of carbonyl (C=O) groups is 1. The minimum atomic E-state index is -0.101. The lowest BCUT2D eigenvalue weighted by atomic mass is 10.0. The van der Waals surface area contributed by atoms with Crippen molar-refractivity contribution in [1.29, 1.82) is 0 Å². The lowest BCUT2D eigenvalue weighted by Crippen LogP contribution is -2.44. The van der Waals surface area contributed by atoms with Crippen LogP contribution >= 0.6 is 0 Å². The van der Waals surface area contributed by atoms with E-state index < -0.39 is 0 Å². The Bertz CT molecular complexity index is 958. The third-order valence-electron chi connectivity index (χ3n) is 8.36. The van der Waals surface area contributed by atoms with Crippen LogP contribution in [0.4, 0.5) is 0 Å². The van der Waals surface area contributed by atoms with Crippen LogP contribution in [0.5, 0.6) is 5.75 Å². The summed E-state index contributed by atoms with van der Waals surface area (Å²) >= 11 is 0. The summed E-state index contributed by atoms with van der Waals surface area (Å²) in [7, 11) is 4.38. The van der Waals surface area contributed by atoms with Gasteiger partial charge in [0, 0.05) is 12.0 Å². The lowest BCUT2D eigenvalue weighted by molar-refractivity contribution is -0.906. The van der Waals surface area contributed by atoms with Crippen molar-refractivity contribution in [3.8, 4) is 5.75 Å². The van der Waals surface area contributed by atoms with E-state index in [0.29, 0.717) is 13.0 Å². The number of hydrogen-bond donors (Lipinski definition) is 0. The van der Waals surface area contributed by atoms with Crippen molar-refractivity contribution in [1.82, 2.24) is 0 Å². The number of carbonyl (C=O) groups excluding carboxylic acids is 1. The topological polar surface area (TPSA) is 35.5 Å². The van der Waals surface area contributed by atoms with Gasteiger partial charge >= 0.3 is 5.97 Å². The number of esters is 1. The quantitative estimate of drug-likeness (QED) is 0.0704. The van der Waals surface area contributed by atoms with Gasteiger partial charge in [0.1, 0.15) is 18.2 Å². The van der Waals surface area contributed by atoms with Gasteiger partial charge in [0.15, 0.2) is 0 Å². The van der Waals surface area contributed by atoms with Crippen molar-refractivity contribution in [2.75, 3.05) is 27.2 Å². The Morgan fingerprint density at radius 3 is 1.95 bits per heavy atom. The Kier molecular flexibility index (Phi) is 18.3. The summed E-state index contributed by atoms with van der Waals surface area (Å²) in [5.41, 5.74) is 2.58. The number of quaternary nitrogens is 1. The van der Waals surface area contributed by atoms with E-state index in [9.17, 15) is 4.79 Å². The molecule has 2 unspecified atom stereocenters. The number of aryl methyl sites for hydroxylation is 1. The fourth-order valence-corrected chi connectivity index (χ4v) is 5.81. The van der Waals surface area contributed by atoms with E-state index in [1.807, 2.05) is 6.07 Å². The first-order chi connectivity index (χ1) is 20.3. The fourth-order valence-electron chi connectivity index (χ4n) is 5.81. The molecule has 0 amide bonds. The molecule has 0 saturated heterocycles. The molecule has 2 rings (SSSR count). The molecule has 0 heterocycles. The van der Waals surface area contributed by atoms with Crippen molar-refractivity contribution in [3.63, 3.8) is 0 Å². The second-order valence-corrected chi connectivity index (χ2v) is 13.0. The SMILES string of the molecule is CCCCCCCCCCCCCCc1ccccc1OC(C)CCOC(=O)C(CC)C[N+](C)(C)Cc1ccccc1. The van der Waals surface area contributed by atoms with E-state index in [1.165, 1.54) is 88.2 Å². The largest absolute Gasteiger partial charge is 0.490 e. The predicted octanol–water partition coefficient (Wildman–Crippen LogP) is 9.93. The Balaban J connectivity index is 1.64. The van der Waals surface area contributed by atoms with Crippen molar-refractivity contribution in [3.05, 3.63) is 65.7 Å². The number of rotatable bonds is 24. The third-order valence-corrected chi connectivity index (χ3v) is 8.36. The van der Waals surface area contributed by atoms with Gasteiger partial charge in [0.05, 0.1) is 33.4 Å². The van der Waals surface area contributed by atoms with Crippen molar-refractivity contribution in [2.24, 2.45) is 5.92 Å². The number of ether oxygens (including phenoxy) is 2. The van der Waals surface area contributed by atoms with Crippen molar-refractivity contribution in [2.45, 2.75) is 130 Å². The molecule has 2 aromatic rings. The molecule has 0 fully saturated rings. The van der Waals surface area contributed by atoms with E-state index in [1.54, 1.807) is 0 Å². The standard InChI is InChI=1S/C38H62NO3/c1-6-8-9-10-11-12-13-14-15-16-17-21-26-36-27-22-23-28-37(36)42-33(3)29-30-41-38(40)35(7-2)32-39(4,5)31-34-24-19-18-20-25-34/h18-20,22-25,27-28,33,35H,6-17,21,26,29-32H2,1-5H3/q+1. The van der Waals surface area contributed by atoms with E-state index in [0.717, 1.165) is 36.2 Å². The normalized spacial score (nSPS) is 13.1. The Morgan fingerprint density at radius 2 is 1.33 bits per heavy atom. The molecule has 2 atom stereocenters. The van der Waals surface area contributed by atoms with Crippen LogP contribution in [0.3, 0.4) is 0 Å². The lowest BCUT2D eigenvalue weighted by Gasteiger charge is -2.32. The molecule has 236 valence electrons. The molecule has 0 saturated carbocycles. The molecule has 0 aliphatic heterocycles. The van der Waals surface area contributed by atoms with Crippen LogP contribution in [-0.2, 0) is 22.5 Å². The molecule has 0 bridgehead atoms. The van der Waals surface area contributed by atoms with Gasteiger partial charge in [-0.05, 0) is 37.8 Å². The van der Waals surface area contributed by atoms with Crippen LogP contribution in [0, 0.1) is 5.92 Å². The summed E-state index contributed by atoms with van der Waals surface area (Å²) in [6.07, 6.45) is 18.9. The van der Waals surface area contributed by atoms with Crippen LogP contribution in [0.15, 0.2) is 54.6 Å². The van der Waals surface area contributed by atoms with E-state index in [2.05, 4.69) is 83.4 Å². The molecule has 42 heavy (non-hydrogen) atoms. The summed E-state index contributed by atoms with van der Waals surface area (Å²) in [5.74, 6) is 0.790. The molecule has 0 spiro atoms. The molecule has 0 aliphatic carbocycles. The highest BCUT2D eigenvalue weighted by molar-refractivity contribution is 5.72. The number of unbranched alkanes of at least 4 members (excludes halogenated alkanes) is 11. The second-order valence-electron chi connectivity index (χ2n) is 13.0. The first kappa shape index (κ1) is 35.9. The Labute approximate surface area is 258 Å². The van der Waals surface area contributed by atoms with Crippen LogP contribution < -0.4 is 4.74 Å². The molecule has 4 heteroatoms. The van der Waals surface area contributed by atoms with Gasteiger partial charge < -0.3 is 14.0 Å². The average Bonchev–Trinajstić information content (AvgIpc) is 2.97. The number of para-hydroxylation sites is 1. The maximum Gasteiger partial charge on any atom is 0.314 e. The monoisotopic (exact) mass is 580 g/mol. The molecule has 0 aliphatic rings. The molecule has 4 nitrogen and oxygen atoms in total. The highest BCUT2D eigenvalue weighted by Crippen LogP contribution is 2.23. The second kappa shape index (κ2) is 21.4. The summed E-state index contributed by atoms with van der Waals surface area (Å²) in [4.78, 5) is 12.9. The Hall–Kier alpha value is -2.33. The van der Waals surface area contributed by atoms with Crippen LogP contribution in [-0.4, -0.2) is 43.8 Å². The first-order valence-corrected chi connectivity index (χ1v) is 17.1. The van der Waals surface area contributed by atoms with Crippen LogP contribution in [0.2, 0.25) is 0 Å². The van der Waals surface area contributed by atoms with Gasteiger partial charge in [-0.25, -0.2) is 0 Å². The van der Waals surface area contributed by atoms with E-state index >= 15 is 0 Å². The highest BCUT2D eigenvalue weighted by atomic mass is 16.5. The maximum absolute atomic E-state index is 12.9. The summed E-state index contributed by atoms with van der Waals surface area (Å²) in [6.45, 7) is 8.49. The van der Waals surface area contributed by atoms with E-state index in [4.69, 9.17) is 9.47 Å². The molecule has 0 N–H and O–H groups in total. The third kappa shape index (κ3) is 15.8. The predicted molar refractivity (Wildman–Crippen MR) is 178 cm³/mol. The van der Waals surface area contributed by atoms with Gasteiger partial charge in [0.25, 0.3) is 0 Å². The average molecular weight is 581 g/mol.